The van der Waals surface area contributed by atoms with Gasteiger partial charge in [-0.1, -0.05) is 38.1 Å². The van der Waals surface area contributed by atoms with Crippen LogP contribution in [0.25, 0.3) is 5.57 Å². The largest absolute Gasteiger partial charge is 0.476 e. The van der Waals surface area contributed by atoms with Crippen LogP contribution in [0.2, 0.25) is 0 Å². The molecule has 11 heteroatoms. The third kappa shape index (κ3) is 6.28. The van der Waals surface area contributed by atoms with E-state index >= 15 is 0 Å². The predicted molar refractivity (Wildman–Crippen MR) is 204 cm³/mol. The highest BCUT2D eigenvalue weighted by Gasteiger charge is 2.66. The fraction of sp³-hybridized carbons (Fsp3) is 0.452. The molecule has 2 atom stereocenters. The number of benzene rings is 2. The van der Waals surface area contributed by atoms with E-state index in [1.54, 1.807) is 11.0 Å². The van der Waals surface area contributed by atoms with Gasteiger partial charge >= 0.3 is 5.97 Å². The number of carboxylic acids is 1. The summed E-state index contributed by atoms with van der Waals surface area (Å²) in [6.45, 7) is 9.43. The van der Waals surface area contributed by atoms with Crippen LogP contribution in [0.3, 0.4) is 0 Å². The van der Waals surface area contributed by atoms with Crippen molar-refractivity contribution < 1.29 is 24.2 Å². The molecule has 9 rings (SSSR count). The molecular formula is C42H48N6O5. The lowest BCUT2D eigenvalue weighted by Gasteiger charge is -2.69. The zero-order chi connectivity index (χ0) is 37.2. The van der Waals surface area contributed by atoms with E-state index in [4.69, 9.17) is 10.1 Å². The average Bonchev–Trinajstić information content (AvgIpc) is 3.85. The first-order valence-corrected chi connectivity index (χ1v) is 18.7. The number of carbonyl (C=O) groups excluding carboxylic acids is 2. The smallest absolute Gasteiger partial charge is 0.355 e. The van der Waals surface area contributed by atoms with Gasteiger partial charge in [-0.25, -0.2) is 9.78 Å². The van der Waals surface area contributed by atoms with Crippen molar-refractivity contribution in [1.29, 1.82) is 5.41 Å². The Labute approximate surface area is 310 Å². The van der Waals surface area contributed by atoms with Gasteiger partial charge in [0.2, 0.25) is 6.41 Å². The number of hydrogen-bond donors (Lipinski definition) is 4. The number of aromatic nitrogens is 1. The zero-order valence-corrected chi connectivity index (χ0v) is 30.8. The molecule has 276 valence electrons. The summed E-state index contributed by atoms with van der Waals surface area (Å²) in [5.74, 6) is -0.700. The maximum Gasteiger partial charge on any atom is 0.355 e. The Bertz CT molecular complexity index is 2020. The van der Waals surface area contributed by atoms with Gasteiger partial charge in [-0.15, -0.1) is 0 Å². The van der Waals surface area contributed by atoms with E-state index < -0.39 is 5.97 Å². The number of aromatic carboxylic acids is 1. The molecule has 0 spiro atoms. The number of allylic oxidation sites excluding steroid dienone is 2. The summed E-state index contributed by atoms with van der Waals surface area (Å²) in [5, 5.41) is 25.2. The van der Waals surface area contributed by atoms with Crippen LogP contribution in [0.5, 0.6) is 0 Å². The molecule has 4 saturated carbocycles. The molecule has 11 nitrogen and oxygen atoms in total. The number of nitrogens with zero attached hydrogens (tertiary/aromatic N) is 3. The van der Waals surface area contributed by atoms with Crippen molar-refractivity contribution in [2.24, 2.45) is 16.2 Å². The standard InChI is InChI=1S/C42H48N6O5/c1-27(45-25-41-20-39(2)19-40(3,21-41)23-42(22-39,24-41)53-16-14-44-26-49)31(17-43)29-11-12-35(46-36(29)38(51)52)47-15-13-28-7-6-8-30(32(28)18-47)37(50)48-33-9-4-5-10-34(33)48/h4-12,17,26,43,45H,13-16,18-25H2,1-3H3,(H,44,49)(H,51,52)/b31-27+,43-17?. The van der Waals surface area contributed by atoms with Gasteiger partial charge in [0.1, 0.15) is 5.82 Å². The number of carboxylic acid groups (broad SMARTS) is 1. The molecule has 2 aliphatic heterocycles. The Kier molecular flexibility index (Phi) is 8.48. The van der Waals surface area contributed by atoms with Crippen LogP contribution >= 0.6 is 0 Å². The quantitative estimate of drug-likeness (QED) is 0.0680. The lowest BCUT2D eigenvalue weighted by molar-refractivity contribution is -0.242. The van der Waals surface area contributed by atoms with Crippen LogP contribution in [-0.2, 0) is 22.5 Å². The van der Waals surface area contributed by atoms with Gasteiger partial charge in [0.25, 0.3) is 5.91 Å². The first kappa shape index (κ1) is 35.0. The molecule has 0 radical (unpaired) electrons. The minimum Gasteiger partial charge on any atom is -0.476 e. The first-order chi connectivity index (χ1) is 25.4. The van der Waals surface area contributed by atoms with Gasteiger partial charge in [0, 0.05) is 54.8 Å². The number of rotatable bonds is 13. The van der Waals surface area contributed by atoms with Gasteiger partial charge in [0.15, 0.2) is 5.69 Å². The highest BCUT2D eigenvalue weighted by molar-refractivity contribution is 6.22. The van der Waals surface area contributed by atoms with E-state index in [0.717, 1.165) is 60.3 Å². The van der Waals surface area contributed by atoms with Gasteiger partial charge in [0.05, 0.1) is 23.6 Å². The van der Waals surface area contributed by atoms with Crippen molar-refractivity contribution in [2.45, 2.75) is 77.9 Å². The Morgan fingerprint density at radius 2 is 1.70 bits per heavy atom. The molecule has 3 aromatic rings. The number of nitrogens with one attached hydrogen (secondary N) is 3. The Hall–Kier alpha value is -5.03. The van der Waals surface area contributed by atoms with Crippen LogP contribution < -0.4 is 20.4 Å². The summed E-state index contributed by atoms with van der Waals surface area (Å²) >= 11 is 0. The summed E-state index contributed by atoms with van der Waals surface area (Å²) in [4.78, 5) is 45.7. The van der Waals surface area contributed by atoms with E-state index in [2.05, 4.69) is 35.5 Å². The van der Waals surface area contributed by atoms with Crippen molar-refractivity contribution in [2.75, 3.05) is 36.0 Å². The molecule has 4 bridgehead atoms. The molecule has 2 unspecified atom stereocenters. The van der Waals surface area contributed by atoms with Crippen molar-refractivity contribution in [3.8, 4) is 0 Å². The molecule has 2 aromatic carbocycles. The van der Waals surface area contributed by atoms with Crippen LogP contribution in [0.15, 0.2) is 60.3 Å². The van der Waals surface area contributed by atoms with E-state index in [0.29, 0.717) is 68.1 Å². The lowest BCUT2D eigenvalue weighted by atomic mass is 9.39. The van der Waals surface area contributed by atoms with Crippen molar-refractivity contribution in [3.05, 3.63) is 88.2 Å². The number of ether oxygens (including phenoxy) is 1. The fourth-order valence-corrected chi connectivity index (χ4v) is 11.5. The molecule has 4 N–H and O–H groups in total. The molecule has 53 heavy (non-hydrogen) atoms. The van der Waals surface area contributed by atoms with E-state index in [1.165, 1.54) is 12.6 Å². The number of anilines is 3. The lowest BCUT2D eigenvalue weighted by Crippen LogP contribution is -2.65. The summed E-state index contributed by atoms with van der Waals surface area (Å²) in [5.41, 5.74) is 6.11. The predicted octanol–water partition coefficient (Wildman–Crippen LogP) is 6.49. The molecule has 2 amide bonds. The number of pyridine rings is 1. The van der Waals surface area contributed by atoms with Crippen molar-refractivity contribution in [1.82, 2.24) is 15.6 Å². The number of hydrogen-bond acceptors (Lipinski definition) is 8. The Morgan fingerprint density at radius 1 is 0.962 bits per heavy atom. The van der Waals surface area contributed by atoms with Crippen molar-refractivity contribution in [3.63, 3.8) is 0 Å². The van der Waals surface area contributed by atoms with Gasteiger partial charge in [-0.05, 0) is 110 Å². The van der Waals surface area contributed by atoms with E-state index in [1.807, 2.05) is 54.3 Å². The monoisotopic (exact) mass is 716 g/mol. The first-order valence-electron chi connectivity index (χ1n) is 18.7. The van der Waals surface area contributed by atoms with E-state index in [-0.39, 0.29) is 33.4 Å². The maximum absolute atomic E-state index is 13.6. The normalized spacial score (nSPS) is 28.1. The molecule has 4 aliphatic carbocycles. The number of carbonyl (C=O) groups is 3. The topological polar surface area (TPSA) is 148 Å². The second kappa shape index (κ2) is 12.8. The summed E-state index contributed by atoms with van der Waals surface area (Å²) in [7, 11) is 0. The van der Waals surface area contributed by atoms with Crippen molar-refractivity contribution >= 4 is 47.3 Å². The van der Waals surface area contributed by atoms with Gasteiger partial charge in [-0.2, -0.15) is 0 Å². The number of para-hydroxylation sites is 2. The minimum atomic E-state index is -1.16. The third-order valence-electron chi connectivity index (χ3n) is 12.4. The Balaban J connectivity index is 1.02. The summed E-state index contributed by atoms with van der Waals surface area (Å²) in [6.07, 6.45) is 8.95. The van der Waals surface area contributed by atoms with Gasteiger partial charge in [-0.3, -0.25) is 14.5 Å². The molecule has 6 aliphatic rings. The zero-order valence-electron chi connectivity index (χ0n) is 30.8. The average molecular weight is 717 g/mol. The molecule has 0 saturated heterocycles. The van der Waals surface area contributed by atoms with E-state index in [9.17, 15) is 19.5 Å². The highest BCUT2D eigenvalue weighted by Crippen LogP contribution is 2.71. The SMILES string of the molecule is C/C(NCC12CC3(C)CC(C)(C1)CC(OCCNC=O)(C3)C2)=C(/C=N)c1ccc(N2CCc3cccc(C(=O)N4c5ccccc54)c3C2)nc1C(=O)O. The molecule has 3 heterocycles. The van der Waals surface area contributed by atoms with Gasteiger partial charge < -0.3 is 30.8 Å². The minimum absolute atomic E-state index is 0.00737. The number of fused-ring (bicyclic) bond motifs is 2. The Morgan fingerprint density at radius 3 is 2.38 bits per heavy atom. The van der Waals surface area contributed by atoms with Crippen LogP contribution in [-0.4, -0.2) is 66.4 Å². The number of amides is 2. The summed E-state index contributed by atoms with van der Waals surface area (Å²) in [6, 6.07) is 17.2. The molecule has 4 fully saturated rings. The third-order valence-corrected chi connectivity index (χ3v) is 12.4. The highest BCUT2D eigenvalue weighted by atomic mass is 16.5. The summed E-state index contributed by atoms with van der Waals surface area (Å²) < 4.78 is 6.62. The second-order valence-corrected chi connectivity index (χ2v) is 16.9. The van der Waals surface area contributed by atoms with Crippen LogP contribution in [0.4, 0.5) is 17.2 Å². The van der Waals surface area contributed by atoms with Crippen LogP contribution in [0, 0.1) is 21.7 Å². The van der Waals surface area contributed by atoms with Crippen LogP contribution in [0.1, 0.15) is 96.8 Å². The fourth-order valence-electron chi connectivity index (χ4n) is 11.5. The molecule has 1 aromatic heterocycles. The maximum atomic E-state index is 13.6. The molecular weight excluding hydrogens is 668 g/mol. The second-order valence-electron chi connectivity index (χ2n) is 16.9.